The number of pyridine rings is 1. The third kappa shape index (κ3) is 3.90. The molecule has 0 bridgehead atoms. The van der Waals surface area contributed by atoms with Crippen molar-refractivity contribution in [3.63, 3.8) is 0 Å². The largest absolute Gasteiger partial charge is 0.487 e. The lowest BCUT2D eigenvalue weighted by atomic mass is 10.3. The fourth-order valence-electron chi connectivity index (χ4n) is 1.47. The Labute approximate surface area is 124 Å². The zero-order valence-electron chi connectivity index (χ0n) is 9.97. The molecule has 3 N–H and O–H groups in total. The van der Waals surface area contributed by atoms with Crippen molar-refractivity contribution in [2.24, 2.45) is 5.84 Å². The van der Waals surface area contributed by atoms with E-state index >= 15 is 0 Å². The zero-order valence-corrected chi connectivity index (χ0v) is 12.1. The second kappa shape index (κ2) is 6.48. The number of nitrogens with zero attached hydrogens (tertiary/aromatic N) is 1. The molecule has 0 unspecified atom stereocenters. The maximum absolute atomic E-state index is 11.3. The van der Waals surface area contributed by atoms with Crippen LogP contribution in [-0.4, -0.2) is 10.9 Å². The number of hydrogen-bond donors (Lipinski definition) is 2. The second-order valence-corrected chi connectivity index (χ2v) is 4.98. The maximum Gasteiger partial charge on any atom is 0.283 e. The van der Waals surface area contributed by atoms with E-state index in [1.807, 2.05) is 29.7 Å². The highest BCUT2D eigenvalue weighted by Gasteiger charge is 2.06. The molecule has 19 heavy (non-hydrogen) atoms. The highest BCUT2D eigenvalue weighted by atomic mass is 127. The van der Waals surface area contributed by atoms with Gasteiger partial charge in [0.2, 0.25) is 0 Å². The Balaban J connectivity index is 2.05. The number of halogens is 1. The molecule has 0 radical (unpaired) electrons. The number of carbonyl (C=O) groups excluding carboxylic acids is 1. The fraction of sp³-hybridized carbons (Fsp3) is 0.0769. The number of hydrogen-bond acceptors (Lipinski definition) is 4. The molecule has 0 aliphatic rings. The normalized spacial score (nSPS) is 10.0. The van der Waals surface area contributed by atoms with Gasteiger partial charge in [0.1, 0.15) is 18.1 Å². The first-order valence-corrected chi connectivity index (χ1v) is 6.62. The summed E-state index contributed by atoms with van der Waals surface area (Å²) in [5.41, 5.74) is 2.98. The van der Waals surface area contributed by atoms with E-state index in [4.69, 9.17) is 10.6 Å². The summed E-state index contributed by atoms with van der Waals surface area (Å²) in [5, 5.41) is 0. The molecule has 1 amide bonds. The van der Waals surface area contributed by atoms with Gasteiger partial charge in [-0.1, -0.05) is 12.1 Å². The highest BCUT2D eigenvalue weighted by molar-refractivity contribution is 14.1. The Morgan fingerprint density at radius 2 is 2.11 bits per heavy atom. The molecule has 0 aliphatic carbocycles. The molecule has 0 fully saturated rings. The van der Waals surface area contributed by atoms with Crippen LogP contribution in [0.1, 0.15) is 16.2 Å². The van der Waals surface area contributed by atoms with Gasteiger partial charge in [-0.25, -0.2) is 10.8 Å². The standard InChI is InChI=1S/C13H12IN3O2/c14-9-3-1-5-11(7-9)19-8-10-4-2-6-12(16-10)13(18)17-15/h1-7H,8,15H2,(H,17,18). The topological polar surface area (TPSA) is 77.2 Å². The van der Waals surface area contributed by atoms with Crippen LogP contribution in [0.25, 0.3) is 0 Å². The molecule has 1 aromatic heterocycles. The van der Waals surface area contributed by atoms with Crippen molar-refractivity contribution >= 4 is 28.5 Å². The van der Waals surface area contributed by atoms with Crippen LogP contribution in [0.5, 0.6) is 5.75 Å². The van der Waals surface area contributed by atoms with E-state index < -0.39 is 5.91 Å². The van der Waals surface area contributed by atoms with Crippen molar-refractivity contribution in [1.82, 2.24) is 10.4 Å². The number of nitrogens with one attached hydrogen (secondary N) is 1. The molecule has 6 heteroatoms. The summed E-state index contributed by atoms with van der Waals surface area (Å²) < 4.78 is 6.71. The second-order valence-electron chi connectivity index (χ2n) is 3.73. The number of rotatable bonds is 4. The summed E-state index contributed by atoms with van der Waals surface area (Å²) >= 11 is 2.22. The summed E-state index contributed by atoms with van der Waals surface area (Å²) in [4.78, 5) is 15.5. The van der Waals surface area contributed by atoms with Gasteiger partial charge >= 0.3 is 0 Å². The van der Waals surface area contributed by atoms with Gasteiger partial charge in [-0.2, -0.15) is 0 Å². The van der Waals surface area contributed by atoms with Crippen molar-refractivity contribution in [3.8, 4) is 5.75 Å². The molecule has 5 nitrogen and oxygen atoms in total. The molecule has 1 heterocycles. The van der Waals surface area contributed by atoms with Crippen molar-refractivity contribution in [1.29, 1.82) is 0 Å². The predicted molar refractivity (Wildman–Crippen MR) is 79.4 cm³/mol. The number of hydrazine groups is 1. The van der Waals surface area contributed by atoms with E-state index in [1.165, 1.54) is 0 Å². The van der Waals surface area contributed by atoms with E-state index in [9.17, 15) is 4.79 Å². The monoisotopic (exact) mass is 369 g/mol. The lowest BCUT2D eigenvalue weighted by Crippen LogP contribution is -2.30. The third-order valence-corrected chi connectivity index (χ3v) is 3.02. The van der Waals surface area contributed by atoms with E-state index in [0.29, 0.717) is 12.3 Å². The first kappa shape index (κ1) is 13.8. The molecule has 0 atom stereocenters. The molecule has 0 saturated carbocycles. The van der Waals surface area contributed by atoms with Gasteiger partial charge in [-0.3, -0.25) is 10.2 Å². The Bertz CT molecular complexity index is 590. The summed E-state index contributed by atoms with van der Waals surface area (Å²) in [6.07, 6.45) is 0. The van der Waals surface area contributed by atoms with Crippen LogP contribution < -0.4 is 16.0 Å². The molecule has 2 rings (SSSR count). The number of benzene rings is 1. The molecule has 0 spiro atoms. The number of nitrogen functional groups attached to an aromatic ring is 1. The van der Waals surface area contributed by atoms with Crippen molar-refractivity contribution in [2.45, 2.75) is 6.61 Å². The number of carbonyl (C=O) groups is 1. The Morgan fingerprint density at radius 1 is 1.32 bits per heavy atom. The number of aromatic nitrogens is 1. The average molecular weight is 369 g/mol. The highest BCUT2D eigenvalue weighted by Crippen LogP contribution is 2.16. The van der Waals surface area contributed by atoms with Crippen LogP contribution >= 0.6 is 22.6 Å². The smallest absolute Gasteiger partial charge is 0.283 e. The van der Waals surface area contributed by atoms with Crippen molar-refractivity contribution in [2.75, 3.05) is 0 Å². The van der Waals surface area contributed by atoms with Gasteiger partial charge in [0.15, 0.2) is 0 Å². The van der Waals surface area contributed by atoms with Gasteiger partial charge in [-0.15, -0.1) is 0 Å². The molecule has 2 aromatic rings. The number of ether oxygens (including phenoxy) is 1. The third-order valence-electron chi connectivity index (χ3n) is 2.35. The van der Waals surface area contributed by atoms with Crippen LogP contribution in [0, 0.1) is 3.57 Å². The summed E-state index contributed by atoms with van der Waals surface area (Å²) in [6.45, 7) is 0.297. The summed E-state index contributed by atoms with van der Waals surface area (Å²) in [6, 6.07) is 12.8. The zero-order chi connectivity index (χ0) is 13.7. The van der Waals surface area contributed by atoms with E-state index in [-0.39, 0.29) is 5.69 Å². The van der Waals surface area contributed by atoms with E-state index in [1.54, 1.807) is 18.2 Å². The Kier molecular flexibility index (Phi) is 4.69. The number of nitrogens with two attached hydrogens (primary N) is 1. The Hall–Kier alpha value is -1.67. The van der Waals surface area contributed by atoms with Gasteiger partial charge in [-0.05, 0) is 52.9 Å². The van der Waals surface area contributed by atoms with Crippen molar-refractivity contribution < 1.29 is 9.53 Å². The Morgan fingerprint density at radius 3 is 2.84 bits per heavy atom. The van der Waals surface area contributed by atoms with Crippen molar-refractivity contribution in [3.05, 3.63) is 57.4 Å². The minimum atomic E-state index is -0.420. The molecular formula is C13H12IN3O2. The SMILES string of the molecule is NNC(=O)c1cccc(COc2cccc(I)c2)n1. The van der Waals surface area contributed by atoms with E-state index in [2.05, 4.69) is 27.6 Å². The number of amides is 1. The average Bonchev–Trinajstić information content (AvgIpc) is 2.45. The van der Waals surface area contributed by atoms with Gasteiger partial charge in [0.05, 0.1) is 5.69 Å². The fourth-order valence-corrected chi connectivity index (χ4v) is 1.99. The predicted octanol–water partition coefficient (Wildman–Crippen LogP) is 1.87. The lowest BCUT2D eigenvalue weighted by Gasteiger charge is -2.07. The maximum atomic E-state index is 11.3. The van der Waals surface area contributed by atoms with Gasteiger partial charge < -0.3 is 4.74 Å². The quantitative estimate of drug-likeness (QED) is 0.373. The van der Waals surface area contributed by atoms with Crippen LogP contribution in [-0.2, 0) is 6.61 Å². The van der Waals surface area contributed by atoms with Crippen LogP contribution in [0.15, 0.2) is 42.5 Å². The first-order chi connectivity index (χ1) is 9.19. The summed E-state index contributed by atoms with van der Waals surface area (Å²) in [7, 11) is 0. The first-order valence-electron chi connectivity index (χ1n) is 5.54. The lowest BCUT2D eigenvalue weighted by molar-refractivity contribution is 0.0948. The molecule has 1 aromatic carbocycles. The molecule has 0 saturated heterocycles. The van der Waals surface area contributed by atoms with Gasteiger partial charge in [0.25, 0.3) is 5.91 Å². The van der Waals surface area contributed by atoms with Crippen LogP contribution in [0.3, 0.4) is 0 Å². The minimum absolute atomic E-state index is 0.270. The van der Waals surface area contributed by atoms with Gasteiger partial charge in [0, 0.05) is 3.57 Å². The molecule has 98 valence electrons. The van der Waals surface area contributed by atoms with Crippen LogP contribution in [0.2, 0.25) is 0 Å². The van der Waals surface area contributed by atoms with E-state index in [0.717, 1.165) is 9.32 Å². The summed E-state index contributed by atoms with van der Waals surface area (Å²) in [5.74, 6) is 5.41. The minimum Gasteiger partial charge on any atom is -0.487 e. The van der Waals surface area contributed by atoms with Crippen LogP contribution in [0.4, 0.5) is 0 Å². The molecule has 0 aliphatic heterocycles. The molecular weight excluding hydrogens is 357 g/mol.